The van der Waals surface area contributed by atoms with Crippen molar-refractivity contribution in [2.24, 2.45) is 0 Å². The Kier molecular flexibility index (Phi) is 32.6. The van der Waals surface area contributed by atoms with Gasteiger partial charge in [0.2, 0.25) is 5.24 Å². The number of esters is 1. The fraction of sp³-hybridized carbons (Fsp3) is 0.462. The number of thioether (sulfide) groups is 2. The van der Waals surface area contributed by atoms with Gasteiger partial charge in [-0.15, -0.1) is 23.5 Å². The van der Waals surface area contributed by atoms with E-state index < -0.39 is 49.9 Å². The van der Waals surface area contributed by atoms with Crippen LogP contribution in [0.4, 0.5) is 17.6 Å². The summed E-state index contributed by atoms with van der Waals surface area (Å²) in [6.45, 7) is 6.38. The number of aliphatic hydroxyl groups excluding tert-OH is 1. The predicted molar refractivity (Wildman–Crippen MR) is 166 cm³/mol. The van der Waals surface area contributed by atoms with E-state index in [-0.39, 0.29) is 70.1 Å². The van der Waals surface area contributed by atoms with Crippen LogP contribution in [0.25, 0.3) is 0 Å². The first-order chi connectivity index (χ1) is 21.2. The van der Waals surface area contributed by atoms with Gasteiger partial charge in [0.05, 0.1) is 11.5 Å². The normalized spacial score (nSPS) is 11.1. The smallest absolute Gasteiger partial charge is 0.743 e. The topological polar surface area (TPSA) is 181 Å². The Morgan fingerprint density at radius 3 is 1.38 bits per heavy atom. The van der Waals surface area contributed by atoms with E-state index in [0.717, 1.165) is 21.6 Å². The SMILES string of the molecule is CCN(CC)CC.O=C(CSc1ccccc1)OCC(F)(F)S(=O)(=O)[O-].O=C(Cl)CSc1ccccc1.O=S(=O)([O-])C(F)(F)CO.[Na+].[Na+]. The fourth-order valence-corrected chi connectivity index (χ4v) is 4.22. The summed E-state index contributed by atoms with van der Waals surface area (Å²) >= 11 is 7.65. The number of hydrogen-bond donors (Lipinski definition) is 1. The molecule has 48 heavy (non-hydrogen) atoms. The van der Waals surface area contributed by atoms with Crippen LogP contribution in [0.2, 0.25) is 0 Å². The summed E-state index contributed by atoms with van der Waals surface area (Å²) in [6.07, 6.45) is 0. The van der Waals surface area contributed by atoms with Gasteiger partial charge in [-0.25, -0.2) is 16.8 Å². The average Bonchev–Trinajstić information content (AvgIpc) is 3.00. The molecule has 0 atom stereocenters. The Balaban J connectivity index is -0.000000287. The van der Waals surface area contributed by atoms with Gasteiger partial charge in [-0.3, -0.25) is 9.59 Å². The van der Waals surface area contributed by atoms with Crippen molar-refractivity contribution in [3.63, 3.8) is 0 Å². The Morgan fingerprint density at radius 1 is 0.771 bits per heavy atom. The third kappa shape index (κ3) is 26.8. The molecule has 0 saturated carbocycles. The molecule has 264 valence electrons. The summed E-state index contributed by atoms with van der Waals surface area (Å²) in [7, 11) is -11.5. The van der Waals surface area contributed by atoms with Crippen LogP contribution in [0.15, 0.2) is 70.5 Å². The number of carbonyl (C=O) groups excluding carboxylic acids is 2. The number of carbonyl (C=O) groups is 2. The maximum atomic E-state index is 12.7. The molecule has 2 rings (SSSR count). The van der Waals surface area contributed by atoms with Crippen LogP contribution in [-0.2, 0) is 34.6 Å². The van der Waals surface area contributed by atoms with E-state index >= 15 is 0 Å². The quantitative estimate of drug-likeness (QED) is 0.0582. The standard InChI is InChI=1S/C10H10F2O5S2.C8H7ClOS.C6H15N.C2H4F2O4S.2Na/c11-10(12,19(14,15)16)7-17-9(13)6-18-8-4-2-1-3-5-8;9-8(10)6-11-7-4-2-1-3-5-7;1-4-7(5-2)6-3;3-2(4,1-5)9(6,7)8;;/h1-5H,6-7H2,(H,14,15,16);1-5H,6H2;4-6H2,1-3H3;5H,1H2,(H,6,7,8);;/q;;;;2*+1/p-2. The molecular weight excluding hydrogens is 772 g/mol. The largest absolute Gasteiger partial charge is 1.00 e. The first-order valence-corrected chi connectivity index (χ1v) is 18.0. The van der Waals surface area contributed by atoms with E-state index in [0.29, 0.717) is 5.75 Å². The average molecular weight is 806 g/mol. The summed E-state index contributed by atoms with van der Waals surface area (Å²) in [4.78, 5) is 25.6. The second-order valence-electron chi connectivity index (χ2n) is 8.18. The van der Waals surface area contributed by atoms with Crippen LogP contribution in [0.1, 0.15) is 20.8 Å². The van der Waals surface area contributed by atoms with Crippen LogP contribution < -0.4 is 59.1 Å². The summed E-state index contributed by atoms with van der Waals surface area (Å²) in [5, 5.41) is -1.87. The van der Waals surface area contributed by atoms with Gasteiger partial charge in [0.25, 0.3) is 0 Å². The monoisotopic (exact) mass is 805 g/mol. The molecule has 0 aliphatic heterocycles. The van der Waals surface area contributed by atoms with E-state index in [9.17, 15) is 53.1 Å². The summed E-state index contributed by atoms with van der Waals surface area (Å²) in [5.74, 6) is -0.956. The van der Waals surface area contributed by atoms with Gasteiger partial charge >= 0.3 is 75.6 Å². The number of nitrogens with zero attached hydrogens (tertiary/aromatic N) is 1. The Bertz CT molecular complexity index is 1360. The number of alkyl halides is 4. The maximum absolute atomic E-state index is 12.7. The molecule has 0 bridgehead atoms. The van der Waals surface area contributed by atoms with E-state index in [4.69, 9.17) is 16.7 Å². The second kappa shape index (κ2) is 28.6. The minimum Gasteiger partial charge on any atom is -0.743 e. The van der Waals surface area contributed by atoms with E-state index in [1.807, 2.05) is 30.3 Å². The Hall–Kier alpha value is 0.0300. The van der Waals surface area contributed by atoms with Gasteiger partial charge in [0.1, 0.15) is 6.61 Å². The Morgan fingerprint density at radius 2 is 1.12 bits per heavy atom. The molecule has 0 spiro atoms. The molecule has 0 heterocycles. The number of benzene rings is 2. The number of aliphatic hydroxyl groups is 1. The third-order valence-electron chi connectivity index (χ3n) is 4.85. The van der Waals surface area contributed by atoms with Crippen molar-refractivity contribution in [3.05, 3.63) is 60.7 Å². The van der Waals surface area contributed by atoms with Crippen molar-refractivity contribution in [2.45, 2.75) is 41.1 Å². The molecule has 0 fully saturated rings. The molecule has 0 aliphatic carbocycles. The van der Waals surface area contributed by atoms with Crippen molar-refractivity contribution in [2.75, 3.05) is 44.4 Å². The zero-order valence-corrected chi connectivity index (χ0v) is 34.8. The second-order valence-corrected chi connectivity index (χ2v) is 13.7. The molecule has 1 N–H and O–H groups in total. The van der Waals surface area contributed by atoms with Gasteiger partial charge in [0, 0.05) is 9.79 Å². The van der Waals surface area contributed by atoms with Crippen molar-refractivity contribution in [1.29, 1.82) is 0 Å². The molecule has 0 amide bonds. The van der Waals surface area contributed by atoms with E-state index in [1.54, 1.807) is 30.3 Å². The zero-order chi connectivity index (χ0) is 36.0. The molecule has 0 unspecified atom stereocenters. The Labute approximate surface area is 336 Å². The number of rotatable bonds is 14. The molecule has 0 aromatic heterocycles. The van der Waals surface area contributed by atoms with Crippen LogP contribution in [0.3, 0.4) is 0 Å². The fourth-order valence-electron chi connectivity index (χ4n) is 2.34. The maximum Gasteiger partial charge on any atom is 1.00 e. The molecule has 0 radical (unpaired) electrons. The summed E-state index contributed by atoms with van der Waals surface area (Å²) < 4.78 is 111. The van der Waals surface area contributed by atoms with Gasteiger partial charge in [-0.2, -0.15) is 17.6 Å². The zero-order valence-electron chi connectivity index (χ0n) is 26.8. The van der Waals surface area contributed by atoms with Crippen molar-refractivity contribution in [3.8, 4) is 0 Å². The van der Waals surface area contributed by atoms with Gasteiger partial charge in [-0.05, 0) is 55.5 Å². The van der Waals surface area contributed by atoms with Crippen LogP contribution >= 0.6 is 35.1 Å². The molecule has 2 aromatic carbocycles. The van der Waals surface area contributed by atoms with Gasteiger partial charge in [0.15, 0.2) is 26.8 Å². The molecule has 11 nitrogen and oxygen atoms in total. The van der Waals surface area contributed by atoms with Crippen LogP contribution in [0, 0.1) is 0 Å². The minimum atomic E-state index is -5.83. The molecule has 22 heteroatoms. The summed E-state index contributed by atoms with van der Waals surface area (Å²) in [6, 6.07) is 18.3. The van der Waals surface area contributed by atoms with Crippen molar-refractivity contribution >= 4 is 66.6 Å². The van der Waals surface area contributed by atoms with E-state index in [1.165, 1.54) is 31.4 Å². The first kappa shape index (κ1) is 54.8. The molecule has 0 aliphatic rings. The van der Waals surface area contributed by atoms with Crippen molar-refractivity contribution in [1.82, 2.24) is 4.90 Å². The number of halogens is 5. The first-order valence-electron chi connectivity index (χ1n) is 12.9. The molecular formula is C26H34ClF4NNa2O10S4. The number of hydrogen-bond acceptors (Lipinski definition) is 13. The molecule has 0 saturated heterocycles. The van der Waals surface area contributed by atoms with Gasteiger partial charge < -0.3 is 23.8 Å². The third-order valence-corrected chi connectivity index (χ3v) is 8.85. The van der Waals surface area contributed by atoms with Gasteiger partial charge in [-0.1, -0.05) is 57.2 Å². The van der Waals surface area contributed by atoms with E-state index in [2.05, 4.69) is 30.4 Å². The summed E-state index contributed by atoms with van der Waals surface area (Å²) in [5.41, 5.74) is 0. The number of ether oxygens (including phenoxy) is 1. The van der Waals surface area contributed by atoms with Crippen molar-refractivity contribution < 1.29 is 122 Å². The van der Waals surface area contributed by atoms with Crippen LogP contribution in [0.5, 0.6) is 0 Å². The molecule has 2 aromatic rings. The van der Waals surface area contributed by atoms with Crippen LogP contribution in [-0.4, -0.2) is 102 Å². The minimum absolute atomic E-state index is 0. The predicted octanol–water partition coefficient (Wildman–Crippen LogP) is -1.52.